The summed E-state index contributed by atoms with van der Waals surface area (Å²) < 4.78 is 0. The first-order chi connectivity index (χ1) is 22.2. The van der Waals surface area contributed by atoms with Gasteiger partial charge >= 0.3 is 26.2 Å². The molecule has 0 aliphatic rings. The Labute approximate surface area is 344 Å². The Morgan fingerprint density at radius 1 is 0.208 bits per heavy atom. The quantitative estimate of drug-likeness (QED) is 0.174. The van der Waals surface area contributed by atoms with Crippen LogP contribution in [-0.4, -0.2) is 46.3 Å². The zero-order valence-corrected chi connectivity index (χ0v) is 40.5. The fourth-order valence-electron chi connectivity index (χ4n) is 2.21. The molecule has 0 rings (SSSR count). The Morgan fingerprint density at radius 2 is 0.264 bits per heavy atom. The Hall–Kier alpha value is -2.28. The van der Waals surface area contributed by atoms with Crippen LogP contribution in [0.4, 0.5) is 0 Å². The molecule has 0 fully saturated rings. The van der Waals surface area contributed by atoms with Gasteiger partial charge in [0.05, 0.1) is 0 Å². The summed E-state index contributed by atoms with van der Waals surface area (Å²) in [5.41, 5.74) is -3.66. The number of carbonyl (C=O) groups excluding carboxylic acids is 8. The first kappa shape index (κ1) is 60.0. The number of rotatable bonds is 8. The van der Waals surface area contributed by atoms with Crippen molar-refractivity contribution < 1.29 is 64.6 Å². The van der Waals surface area contributed by atoms with E-state index in [9.17, 15) is 38.4 Å². The van der Waals surface area contributed by atoms with Crippen molar-refractivity contribution in [2.75, 3.05) is 0 Å². The van der Waals surface area contributed by atoms with E-state index in [4.69, 9.17) is 0 Å². The summed E-state index contributed by atoms with van der Waals surface area (Å²) in [7, 11) is 0. The van der Waals surface area contributed by atoms with Gasteiger partial charge in [0.1, 0.15) is 0 Å². The van der Waals surface area contributed by atoms with Gasteiger partial charge in [0, 0.05) is 46.3 Å². The first-order valence-corrected chi connectivity index (χ1v) is 17.9. The standard InChI is InChI=1S/4C11H19O2.Zr/c4*1-10(2,3)8(12)7-9(13)11(4,5)6;/h4*7H,1-6H3;/q4*-1;+4. The molecule has 0 heterocycles. The molecule has 0 atom stereocenters. The van der Waals surface area contributed by atoms with Crippen molar-refractivity contribution in [3.8, 4) is 0 Å². The van der Waals surface area contributed by atoms with E-state index in [0.29, 0.717) is 0 Å². The Kier molecular flexibility index (Phi) is 24.6. The van der Waals surface area contributed by atoms with Crippen molar-refractivity contribution in [1.29, 1.82) is 0 Å². The van der Waals surface area contributed by atoms with Gasteiger partial charge < -0.3 is 38.4 Å². The maximum absolute atomic E-state index is 11.4. The fraction of sp³-hybridized carbons (Fsp3) is 0.727. The molecule has 0 saturated carbocycles. The van der Waals surface area contributed by atoms with Gasteiger partial charge in [0.2, 0.25) is 0 Å². The maximum Gasteiger partial charge on any atom is 4.00 e. The minimum Gasteiger partial charge on any atom is -0.333 e. The average molecular weight is 824 g/mol. The van der Waals surface area contributed by atoms with Crippen LogP contribution in [0.2, 0.25) is 0 Å². The zero-order chi connectivity index (χ0) is 43.4. The number of carbonyl (C=O) groups is 8. The minimum atomic E-state index is -0.457. The second kappa shape index (κ2) is 21.7. The van der Waals surface area contributed by atoms with Gasteiger partial charge in [0.25, 0.3) is 0 Å². The molecule has 0 aromatic carbocycles. The number of Topliss-reactive ketones (excluding diaryl/α,β-unsaturated/α-hetero) is 8. The van der Waals surface area contributed by atoms with E-state index in [1.165, 1.54) is 25.7 Å². The first-order valence-electron chi connectivity index (χ1n) is 17.9. The van der Waals surface area contributed by atoms with Crippen molar-refractivity contribution in [2.24, 2.45) is 43.3 Å². The number of hydrogen-bond acceptors (Lipinski definition) is 8. The third-order valence-corrected chi connectivity index (χ3v) is 6.96. The van der Waals surface area contributed by atoms with Crippen LogP contribution in [0.15, 0.2) is 0 Å². The van der Waals surface area contributed by atoms with Crippen LogP contribution < -0.4 is 0 Å². The third kappa shape index (κ3) is 29.7. The van der Waals surface area contributed by atoms with E-state index in [-0.39, 0.29) is 72.5 Å². The molecule has 0 bridgehead atoms. The number of hydrogen-bond donors (Lipinski definition) is 0. The van der Waals surface area contributed by atoms with Gasteiger partial charge in [0.15, 0.2) is 0 Å². The second-order valence-electron chi connectivity index (χ2n) is 21.5. The van der Waals surface area contributed by atoms with Crippen molar-refractivity contribution in [1.82, 2.24) is 0 Å². The molecule has 0 aliphatic carbocycles. The molecule has 0 amide bonds. The summed E-state index contributed by atoms with van der Waals surface area (Å²) in [4.78, 5) is 91.6. The molecule has 0 spiro atoms. The molecule has 53 heavy (non-hydrogen) atoms. The van der Waals surface area contributed by atoms with Crippen LogP contribution in [-0.2, 0) is 64.6 Å². The van der Waals surface area contributed by atoms with E-state index < -0.39 is 43.3 Å². The van der Waals surface area contributed by atoms with E-state index in [2.05, 4.69) is 0 Å². The van der Waals surface area contributed by atoms with E-state index in [1.54, 1.807) is 0 Å². The average Bonchev–Trinajstić information content (AvgIpc) is 2.85. The molecule has 0 aromatic rings. The Bertz CT molecular complexity index is 964. The van der Waals surface area contributed by atoms with Gasteiger partial charge in [-0.3, -0.25) is 25.7 Å². The molecule has 0 unspecified atom stereocenters. The molecule has 0 saturated heterocycles. The summed E-state index contributed by atoms with van der Waals surface area (Å²) in [6.45, 7) is 43.4. The largest absolute Gasteiger partial charge is 4.00 e. The molecular formula is C44H76O8Zr. The second-order valence-corrected chi connectivity index (χ2v) is 21.5. The smallest absolute Gasteiger partial charge is 0.333 e. The van der Waals surface area contributed by atoms with E-state index in [1.807, 2.05) is 166 Å². The minimum absolute atomic E-state index is 0. The van der Waals surface area contributed by atoms with Crippen LogP contribution >= 0.6 is 0 Å². The van der Waals surface area contributed by atoms with Crippen molar-refractivity contribution in [2.45, 2.75) is 166 Å². The van der Waals surface area contributed by atoms with E-state index >= 15 is 0 Å². The molecule has 8 nitrogen and oxygen atoms in total. The molecular weight excluding hydrogens is 748 g/mol. The van der Waals surface area contributed by atoms with Gasteiger partial charge in [-0.05, 0) is 43.3 Å². The summed E-state index contributed by atoms with van der Waals surface area (Å²) in [6, 6.07) is 0. The normalized spacial score (nSPS) is 12.2. The van der Waals surface area contributed by atoms with Crippen molar-refractivity contribution >= 4 is 46.3 Å². The van der Waals surface area contributed by atoms with Gasteiger partial charge in [-0.2, -0.15) is 0 Å². The van der Waals surface area contributed by atoms with Crippen LogP contribution in [0, 0.1) is 69.0 Å². The summed E-state index contributed by atoms with van der Waals surface area (Å²) in [5, 5.41) is 0. The van der Waals surface area contributed by atoms with Crippen LogP contribution in [0.25, 0.3) is 0 Å². The monoisotopic (exact) mass is 822 g/mol. The molecule has 0 radical (unpaired) electrons. The predicted octanol–water partition coefficient (Wildman–Crippen LogP) is 9.68. The SMILES string of the molecule is CC(C)(C)C(=O)[CH-]C(=O)C(C)(C)C.CC(C)(C)C(=O)[CH-]C(=O)C(C)(C)C.CC(C)(C)C(=O)[CH-]C(=O)C(C)(C)C.CC(C)(C)C(=O)[CH-]C(=O)C(C)(C)C.[Zr+4]. The summed E-state index contributed by atoms with van der Waals surface area (Å²) in [6.07, 6.45) is 4.89. The summed E-state index contributed by atoms with van der Waals surface area (Å²) in [5.74, 6) is -0.834. The molecule has 304 valence electrons. The molecule has 9 heteroatoms. The van der Waals surface area contributed by atoms with Crippen molar-refractivity contribution in [3.63, 3.8) is 0 Å². The predicted molar refractivity (Wildman–Crippen MR) is 213 cm³/mol. The molecule has 0 aromatic heterocycles. The fourth-order valence-corrected chi connectivity index (χ4v) is 2.21. The Balaban J connectivity index is -0.000000192. The topological polar surface area (TPSA) is 137 Å². The maximum atomic E-state index is 11.4. The summed E-state index contributed by atoms with van der Waals surface area (Å²) >= 11 is 0. The van der Waals surface area contributed by atoms with Crippen LogP contribution in [0.5, 0.6) is 0 Å². The van der Waals surface area contributed by atoms with Crippen LogP contribution in [0.3, 0.4) is 0 Å². The van der Waals surface area contributed by atoms with Gasteiger partial charge in [-0.15, -0.1) is 0 Å². The zero-order valence-electron chi connectivity index (χ0n) is 38.1. The van der Waals surface area contributed by atoms with Crippen molar-refractivity contribution in [3.05, 3.63) is 25.7 Å². The van der Waals surface area contributed by atoms with E-state index in [0.717, 1.165) is 0 Å². The van der Waals surface area contributed by atoms with Gasteiger partial charge in [-0.25, -0.2) is 0 Å². The molecule has 0 aliphatic heterocycles. The number of ketones is 8. The third-order valence-electron chi connectivity index (χ3n) is 6.96. The van der Waals surface area contributed by atoms with Gasteiger partial charge in [-0.1, -0.05) is 166 Å². The van der Waals surface area contributed by atoms with Crippen LogP contribution in [0.1, 0.15) is 166 Å². The Morgan fingerprint density at radius 3 is 0.302 bits per heavy atom. The molecule has 0 N–H and O–H groups in total.